The summed E-state index contributed by atoms with van der Waals surface area (Å²) in [7, 11) is 2.12. The summed E-state index contributed by atoms with van der Waals surface area (Å²) in [5, 5.41) is 2.37. The number of benzene rings is 3. The molecule has 4 aromatic rings. The Labute approximate surface area is 136 Å². The van der Waals surface area contributed by atoms with E-state index in [2.05, 4.69) is 79.5 Å². The minimum atomic E-state index is 1.03. The highest BCUT2D eigenvalue weighted by Gasteiger charge is 2.14. The van der Waals surface area contributed by atoms with Crippen LogP contribution >= 0.6 is 0 Å². The van der Waals surface area contributed by atoms with Crippen molar-refractivity contribution in [2.45, 2.75) is 6.92 Å². The fourth-order valence-corrected chi connectivity index (χ4v) is 3.18. The number of rotatable bonds is 2. The molecule has 3 aromatic carbocycles. The molecule has 0 radical (unpaired) electrons. The van der Waals surface area contributed by atoms with Gasteiger partial charge in [0.2, 0.25) is 0 Å². The number of hydrogen-bond acceptors (Lipinski definition) is 2. The molecule has 0 fully saturated rings. The molecule has 0 aliphatic carbocycles. The summed E-state index contributed by atoms with van der Waals surface area (Å²) < 4.78 is 0. The van der Waals surface area contributed by atoms with E-state index in [4.69, 9.17) is 4.98 Å². The van der Waals surface area contributed by atoms with Gasteiger partial charge in [0.1, 0.15) is 0 Å². The van der Waals surface area contributed by atoms with Gasteiger partial charge in [-0.25, -0.2) is 4.98 Å². The Hall–Kier alpha value is -2.87. The molecule has 112 valence electrons. The fourth-order valence-electron chi connectivity index (χ4n) is 3.18. The summed E-state index contributed by atoms with van der Waals surface area (Å²) in [6, 6.07) is 25.2. The van der Waals surface area contributed by atoms with E-state index in [1.54, 1.807) is 0 Å². The van der Waals surface area contributed by atoms with Gasteiger partial charge in [-0.15, -0.1) is 0 Å². The highest BCUT2D eigenvalue weighted by molar-refractivity contribution is 6.09. The number of nitrogens with zero attached hydrogens (tertiary/aromatic N) is 2. The molecule has 0 unspecified atom stereocenters. The summed E-state index contributed by atoms with van der Waals surface area (Å²) in [5.41, 5.74) is 5.69. The lowest BCUT2D eigenvalue weighted by molar-refractivity contribution is 1.23. The average Bonchev–Trinajstić information content (AvgIpc) is 2.61. The van der Waals surface area contributed by atoms with Gasteiger partial charge in [0.25, 0.3) is 0 Å². The van der Waals surface area contributed by atoms with Crippen molar-refractivity contribution in [3.63, 3.8) is 0 Å². The normalized spacial score (nSPS) is 11.0. The Morgan fingerprint density at radius 2 is 1.43 bits per heavy atom. The van der Waals surface area contributed by atoms with Gasteiger partial charge in [-0.3, -0.25) is 0 Å². The van der Waals surface area contributed by atoms with E-state index in [-0.39, 0.29) is 0 Å². The van der Waals surface area contributed by atoms with Crippen LogP contribution in [0.15, 0.2) is 72.8 Å². The average molecular weight is 298 g/mol. The zero-order valence-corrected chi connectivity index (χ0v) is 13.3. The van der Waals surface area contributed by atoms with Crippen LogP contribution in [0, 0.1) is 6.92 Å². The maximum absolute atomic E-state index is 4.89. The van der Waals surface area contributed by atoms with Crippen molar-refractivity contribution in [1.82, 2.24) is 4.98 Å². The number of para-hydroxylation sites is 3. The molecule has 0 atom stereocenters. The van der Waals surface area contributed by atoms with Gasteiger partial charge in [-0.1, -0.05) is 54.6 Å². The SMILES string of the molecule is Cc1cccc2c(N(C)c3ccccc3)c3ccccc3nc12. The number of fused-ring (bicyclic) bond motifs is 2. The van der Waals surface area contributed by atoms with Crippen molar-refractivity contribution in [1.29, 1.82) is 0 Å². The summed E-state index contributed by atoms with van der Waals surface area (Å²) >= 11 is 0. The topological polar surface area (TPSA) is 16.1 Å². The van der Waals surface area contributed by atoms with Crippen LogP contribution in [0.25, 0.3) is 21.8 Å². The summed E-state index contributed by atoms with van der Waals surface area (Å²) in [6.45, 7) is 2.12. The molecule has 23 heavy (non-hydrogen) atoms. The van der Waals surface area contributed by atoms with E-state index in [1.165, 1.54) is 27.7 Å². The standard InChI is InChI=1S/C21H18N2/c1-15-9-8-13-18-20(15)22-19-14-7-6-12-17(19)21(18)23(2)16-10-4-3-5-11-16/h3-14H,1-2H3. The van der Waals surface area contributed by atoms with Crippen LogP contribution in [0.4, 0.5) is 11.4 Å². The van der Waals surface area contributed by atoms with E-state index in [9.17, 15) is 0 Å². The first-order valence-electron chi connectivity index (χ1n) is 7.82. The lowest BCUT2D eigenvalue weighted by atomic mass is 10.0. The molecule has 2 nitrogen and oxygen atoms in total. The van der Waals surface area contributed by atoms with E-state index >= 15 is 0 Å². The van der Waals surface area contributed by atoms with Gasteiger partial charge < -0.3 is 4.90 Å². The number of anilines is 2. The molecule has 0 saturated heterocycles. The van der Waals surface area contributed by atoms with Crippen LogP contribution in [0.2, 0.25) is 0 Å². The number of aromatic nitrogens is 1. The van der Waals surface area contributed by atoms with Crippen molar-refractivity contribution in [3.8, 4) is 0 Å². The van der Waals surface area contributed by atoms with Crippen LogP contribution in [-0.4, -0.2) is 12.0 Å². The smallest absolute Gasteiger partial charge is 0.0759 e. The Kier molecular flexibility index (Phi) is 3.23. The predicted octanol–water partition coefficient (Wildman–Crippen LogP) is 5.46. The Bertz CT molecular complexity index is 990. The third kappa shape index (κ3) is 2.23. The maximum atomic E-state index is 4.89. The van der Waals surface area contributed by atoms with Crippen molar-refractivity contribution in [2.75, 3.05) is 11.9 Å². The van der Waals surface area contributed by atoms with Crippen molar-refractivity contribution < 1.29 is 0 Å². The number of hydrogen-bond donors (Lipinski definition) is 0. The van der Waals surface area contributed by atoms with Crippen LogP contribution in [0.1, 0.15) is 5.56 Å². The molecule has 0 aliphatic rings. The van der Waals surface area contributed by atoms with E-state index in [0.29, 0.717) is 0 Å². The third-order valence-electron chi connectivity index (χ3n) is 4.36. The largest absolute Gasteiger partial charge is 0.344 e. The second kappa shape index (κ2) is 5.40. The minimum absolute atomic E-state index is 1.03. The Balaban J connectivity index is 2.11. The molecule has 1 aromatic heterocycles. The Morgan fingerprint density at radius 1 is 0.739 bits per heavy atom. The molecule has 0 saturated carbocycles. The van der Waals surface area contributed by atoms with Crippen LogP contribution in [0.3, 0.4) is 0 Å². The lowest BCUT2D eigenvalue weighted by Gasteiger charge is -2.23. The highest BCUT2D eigenvalue weighted by Crippen LogP contribution is 2.37. The molecular weight excluding hydrogens is 280 g/mol. The molecule has 2 heteroatoms. The zero-order valence-electron chi connectivity index (χ0n) is 13.3. The van der Waals surface area contributed by atoms with Crippen molar-refractivity contribution in [3.05, 3.63) is 78.4 Å². The zero-order chi connectivity index (χ0) is 15.8. The number of pyridine rings is 1. The van der Waals surface area contributed by atoms with Crippen LogP contribution in [-0.2, 0) is 0 Å². The molecular formula is C21H18N2. The van der Waals surface area contributed by atoms with E-state index in [1.807, 2.05) is 12.1 Å². The first-order chi connectivity index (χ1) is 11.3. The lowest BCUT2D eigenvalue weighted by Crippen LogP contribution is -2.11. The Morgan fingerprint density at radius 3 is 2.26 bits per heavy atom. The maximum Gasteiger partial charge on any atom is 0.0759 e. The van der Waals surface area contributed by atoms with Gasteiger partial charge in [-0.05, 0) is 30.7 Å². The van der Waals surface area contributed by atoms with Crippen LogP contribution in [0.5, 0.6) is 0 Å². The highest BCUT2D eigenvalue weighted by atomic mass is 15.1. The van der Waals surface area contributed by atoms with E-state index in [0.717, 1.165) is 11.0 Å². The predicted molar refractivity (Wildman–Crippen MR) is 98.5 cm³/mol. The molecule has 0 bridgehead atoms. The van der Waals surface area contributed by atoms with Crippen molar-refractivity contribution in [2.24, 2.45) is 0 Å². The van der Waals surface area contributed by atoms with Crippen molar-refractivity contribution >= 4 is 33.2 Å². The van der Waals surface area contributed by atoms with Gasteiger partial charge in [0.15, 0.2) is 0 Å². The minimum Gasteiger partial charge on any atom is -0.344 e. The first-order valence-corrected chi connectivity index (χ1v) is 7.82. The second-order valence-electron chi connectivity index (χ2n) is 5.84. The van der Waals surface area contributed by atoms with Gasteiger partial charge in [0.05, 0.1) is 16.7 Å². The van der Waals surface area contributed by atoms with Gasteiger partial charge >= 0.3 is 0 Å². The number of aryl methyl sites for hydroxylation is 1. The summed E-state index contributed by atoms with van der Waals surface area (Å²) in [5.74, 6) is 0. The first kappa shape index (κ1) is 13.8. The third-order valence-corrected chi connectivity index (χ3v) is 4.36. The summed E-state index contributed by atoms with van der Waals surface area (Å²) in [6.07, 6.45) is 0. The summed E-state index contributed by atoms with van der Waals surface area (Å²) in [4.78, 5) is 7.14. The second-order valence-corrected chi connectivity index (χ2v) is 5.84. The monoisotopic (exact) mass is 298 g/mol. The van der Waals surface area contributed by atoms with Gasteiger partial charge in [-0.2, -0.15) is 0 Å². The van der Waals surface area contributed by atoms with Gasteiger partial charge in [0, 0.05) is 23.5 Å². The molecule has 0 spiro atoms. The van der Waals surface area contributed by atoms with E-state index < -0.39 is 0 Å². The molecule has 0 aliphatic heterocycles. The molecule has 0 N–H and O–H groups in total. The molecule has 4 rings (SSSR count). The quantitative estimate of drug-likeness (QED) is 0.456. The molecule has 0 amide bonds. The fraction of sp³-hybridized carbons (Fsp3) is 0.0952. The molecule has 1 heterocycles. The van der Waals surface area contributed by atoms with Crippen LogP contribution < -0.4 is 4.90 Å².